The predicted molar refractivity (Wildman–Crippen MR) is 94.5 cm³/mol. The fourth-order valence-electron chi connectivity index (χ4n) is 3.45. The van der Waals surface area contributed by atoms with Gasteiger partial charge < -0.3 is 10.2 Å². The number of nitrogens with zero attached hydrogens (tertiary/aromatic N) is 3. The highest BCUT2D eigenvalue weighted by Crippen LogP contribution is 2.32. The van der Waals surface area contributed by atoms with Crippen LogP contribution in [0.2, 0.25) is 5.02 Å². The second-order valence-electron chi connectivity index (χ2n) is 6.62. The highest BCUT2D eigenvalue weighted by molar-refractivity contribution is 6.33. The summed E-state index contributed by atoms with van der Waals surface area (Å²) in [6.45, 7) is 2.06. The van der Waals surface area contributed by atoms with Gasteiger partial charge >= 0.3 is 0 Å². The molecule has 2 aliphatic rings. The van der Waals surface area contributed by atoms with Gasteiger partial charge in [0.15, 0.2) is 0 Å². The van der Waals surface area contributed by atoms with E-state index < -0.39 is 0 Å². The van der Waals surface area contributed by atoms with Gasteiger partial charge in [-0.2, -0.15) is 5.10 Å². The molecule has 1 saturated heterocycles. The van der Waals surface area contributed by atoms with Gasteiger partial charge in [-0.25, -0.2) is 4.68 Å². The maximum Gasteiger partial charge on any atom is 0.227 e. The molecule has 0 radical (unpaired) electrons. The van der Waals surface area contributed by atoms with Crippen LogP contribution >= 0.6 is 11.6 Å². The van der Waals surface area contributed by atoms with Gasteiger partial charge in [0.2, 0.25) is 5.91 Å². The zero-order valence-corrected chi connectivity index (χ0v) is 14.2. The van der Waals surface area contributed by atoms with E-state index in [2.05, 4.69) is 15.3 Å². The molecule has 1 N–H and O–H groups in total. The minimum atomic E-state index is 0.0736. The van der Waals surface area contributed by atoms with Crippen molar-refractivity contribution in [1.29, 1.82) is 0 Å². The molecule has 1 aromatic carbocycles. The van der Waals surface area contributed by atoms with Crippen molar-refractivity contribution in [3.8, 4) is 5.69 Å². The third-order valence-corrected chi connectivity index (χ3v) is 5.25. The summed E-state index contributed by atoms with van der Waals surface area (Å²) < 4.78 is 1.69. The first kappa shape index (κ1) is 15.7. The summed E-state index contributed by atoms with van der Waals surface area (Å²) in [6.07, 6.45) is 8.03. The predicted octanol–water partition coefficient (Wildman–Crippen LogP) is 3.34. The molecule has 0 bridgehead atoms. The van der Waals surface area contributed by atoms with E-state index in [9.17, 15) is 4.79 Å². The fourth-order valence-corrected chi connectivity index (χ4v) is 3.71. The molecule has 2 aromatic rings. The Morgan fingerprint density at radius 2 is 1.96 bits per heavy atom. The van der Waals surface area contributed by atoms with E-state index >= 15 is 0 Å². The molecule has 1 aliphatic carbocycles. The molecule has 0 unspecified atom stereocenters. The van der Waals surface area contributed by atoms with Gasteiger partial charge in [-0.3, -0.25) is 4.79 Å². The first-order chi connectivity index (χ1) is 11.7. The molecule has 6 heteroatoms. The SMILES string of the molecule is O=C(Nc1cccc(Cl)c1-n1cccn1)C1CCN(C2CC2)CC1. The molecule has 1 saturated carbocycles. The fraction of sp³-hybridized carbons (Fsp3) is 0.444. The Bertz CT molecular complexity index is 719. The van der Waals surface area contributed by atoms with E-state index in [1.165, 1.54) is 12.8 Å². The third-order valence-electron chi connectivity index (χ3n) is 4.94. The van der Waals surface area contributed by atoms with Crippen molar-refractivity contribution in [2.45, 2.75) is 31.7 Å². The van der Waals surface area contributed by atoms with Crippen molar-refractivity contribution in [3.05, 3.63) is 41.7 Å². The Hall–Kier alpha value is -1.85. The highest BCUT2D eigenvalue weighted by atomic mass is 35.5. The van der Waals surface area contributed by atoms with Crippen molar-refractivity contribution in [2.24, 2.45) is 5.92 Å². The van der Waals surface area contributed by atoms with Gasteiger partial charge in [0.25, 0.3) is 0 Å². The molecule has 1 aromatic heterocycles. The van der Waals surface area contributed by atoms with Gasteiger partial charge in [-0.05, 0) is 57.0 Å². The topological polar surface area (TPSA) is 50.2 Å². The maximum absolute atomic E-state index is 12.7. The Balaban J connectivity index is 1.47. The lowest BCUT2D eigenvalue weighted by Gasteiger charge is -2.31. The number of hydrogen-bond donors (Lipinski definition) is 1. The molecule has 126 valence electrons. The Morgan fingerprint density at radius 1 is 1.17 bits per heavy atom. The first-order valence-electron chi connectivity index (χ1n) is 8.56. The maximum atomic E-state index is 12.7. The number of carbonyl (C=O) groups is 1. The van der Waals surface area contributed by atoms with Crippen LogP contribution in [0.15, 0.2) is 36.7 Å². The number of anilines is 1. The lowest BCUT2D eigenvalue weighted by Crippen LogP contribution is -2.39. The number of para-hydroxylation sites is 1. The molecule has 0 atom stereocenters. The molecule has 0 spiro atoms. The van der Waals surface area contributed by atoms with Crippen LogP contribution in [0, 0.1) is 5.92 Å². The van der Waals surface area contributed by atoms with Crippen LogP contribution in [0.4, 0.5) is 5.69 Å². The van der Waals surface area contributed by atoms with Crippen LogP contribution < -0.4 is 5.32 Å². The largest absolute Gasteiger partial charge is 0.324 e. The number of nitrogens with one attached hydrogen (secondary N) is 1. The quantitative estimate of drug-likeness (QED) is 0.925. The smallest absolute Gasteiger partial charge is 0.227 e. The summed E-state index contributed by atoms with van der Waals surface area (Å²) in [5, 5.41) is 7.87. The van der Waals surface area contributed by atoms with E-state index in [1.54, 1.807) is 10.9 Å². The summed E-state index contributed by atoms with van der Waals surface area (Å²) >= 11 is 6.33. The van der Waals surface area contributed by atoms with Crippen molar-refractivity contribution in [2.75, 3.05) is 18.4 Å². The number of likely N-dealkylation sites (tertiary alicyclic amines) is 1. The molecular formula is C18H21ClN4O. The number of amides is 1. The van der Waals surface area contributed by atoms with Crippen molar-refractivity contribution >= 4 is 23.2 Å². The molecule has 1 aliphatic heterocycles. The average Bonchev–Trinajstić information content (AvgIpc) is 3.31. The molecular weight excluding hydrogens is 324 g/mol. The number of piperidine rings is 1. The van der Waals surface area contributed by atoms with Crippen LogP contribution in [0.25, 0.3) is 5.69 Å². The second-order valence-corrected chi connectivity index (χ2v) is 7.02. The number of benzene rings is 1. The van der Waals surface area contributed by atoms with Gasteiger partial charge in [0.1, 0.15) is 5.69 Å². The number of carbonyl (C=O) groups excluding carboxylic acids is 1. The van der Waals surface area contributed by atoms with Crippen LogP contribution in [0.3, 0.4) is 0 Å². The Morgan fingerprint density at radius 3 is 2.62 bits per heavy atom. The summed E-state index contributed by atoms with van der Waals surface area (Å²) in [6, 6.07) is 8.15. The summed E-state index contributed by atoms with van der Waals surface area (Å²) in [5.74, 6) is 0.158. The summed E-state index contributed by atoms with van der Waals surface area (Å²) in [5.41, 5.74) is 1.42. The van der Waals surface area contributed by atoms with Gasteiger partial charge in [-0.1, -0.05) is 17.7 Å². The van der Waals surface area contributed by atoms with Crippen LogP contribution in [0.5, 0.6) is 0 Å². The van der Waals surface area contributed by atoms with Crippen LogP contribution in [-0.2, 0) is 4.79 Å². The van der Waals surface area contributed by atoms with Gasteiger partial charge in [0.05, 0.1) is 10.7 Å². The molecule has 2 fully saturated rings. The normalized spacial score (nSPS) is 19.4. The van der Waals surface area contributed by atoms with Crippen LogP contribution in [0.1, 0.15) is 25.7 Å². The first-order valence-corrected chi connectivity index (χ1v) is 8.93. The van der Waals surface area contributed by atoms with Crippen molar-refractivity contribution in [1.82, 2.24) is 14.7 Å². The lowest BCUT2D eigenvalue weighted by atomic mass is 9.95. The number of hydrogen-bond acceptors (Lipinski definition) is 3. The van der Waals surface area contributed by atoms with Gasteiger partial charge in [0, 0.05) is 24.4 Å². The lowest BCUT2D eigenvalue weighted by molar-refractivity contribution is -0.121. The number of halogens is 1. The van der Waals surface area contributed by atoms with E-state index in [0.29, 0.717) is 16.4 Å². The minimum Gasteiger partial charge on any atom is -0.324 e. The zero-order valence-electron chi connectivity index (χ0n) is 13.5. The Kier molecular flexibility index (Phi) is 4.29. The monoisotopic (exact) mass is 344 g/mol. The average molecular weight is 345 g/mol. The molecule has 1 amide bonds. The molecule has 24 heavy (non-hydrogen) atoms. The summed E-state index contributed by atoms with van der Waals surface area (Å²) in [7, 11) is 0. The number of aromatic nitrogens is 2. The zero-order chi connectivity index (χ0) is 16.5. The van der Waals surface area contributed by atoms with E-state index in [0.717, 1.165) is 32.0 Å². The summed E-state index contributed by atoms with van der Waals surface area (Å²) in [4.78, 5) is 15.2. The Labute approximate surface area is 146 Å². The van der Waals surface area contributed by atoms with E-state index in [-0.39, 0.29) is 11.8 Å². The van der Waals surface area contributed by atoms with Gasteiger partial charge in [-0.15, -0.1) is 0 Å². The van der Waals surface area contributed by atoms with E-state index in [4.69, 9.17) is 11.6 Å². The molecule has 5 nitrogen and oxygen atoms in total. The number of rotatable bonds is 4. The minimum absolute atomic E-state index is 0.0736. The molecule has 2 heterocycles. The second kappa shape index (κ2) is 6.57. The van der Waals surface area contributed by atoms with Crippen LogP contribution in [-0.4, -0.2) is 39.7 Å². The highest BCUT2D eigenvalue weighted by Gasteiger charge is 2.33. The van der Waals surface area contributed by atoms with Crippen molar-refractivity contribution in [3.63, 3.8) is 0 Å². The molecule has 4 rings (SSSR count). The standard InChI is InChI=1S/C18H21ClN4O/c19-15-3-1-4-16(17(15)23-10-2-9-20-23)21-18(24)13-7-11-22(12-8-13)14-5-6-14/h1-4,9-10,13-14H,5-8,11-12H2,(H,21,24). The third kappa shape index (κ3) is 3.19. The van der Waals surface area contributed by atoms with E-state index in [1.807, 2.05) is 30.5 Å². The van der Waals surface area contributed by atoms with Crippen molar-refractivity contribution < 1.29 is 4.79 Å².